The van der Waals surface area contributed by atoms with Gasteiger partial charge in [0.05, 0.1) is 4.92 Å². The zero-order valence-corrected chi connectivity index (χ0v) is 11.5. The molecule has 0 unspecified atom stereocenters. The van der Waals surface area contributed by atoms with E-state index < -0.39 is 4.92 Å². The molecule has 1 heterocycles. The summed E-state index contributed by atoms with van der Waals surface area (Å²) in [6.45, 7) is 0. The van der Waals surface area contributed by atoms with Crippen LogP contribution in [0.25, 0.3) is 11.3 Å². The molecule has 20 heavy (non-hydrogen) atoms. The first-order valence-corrected chi connectivity index (χ1v) is 5.99. The van der Waals surface area contributed by atoms with Crippen LogP contribution < -0.4 is 10.2 Å². The van der Waals surface area contributed by atoms with E-state index in [9.17, 15) is 10.1 Å². The molecule has 0 saturated heterocycles. The number of nitro groups is 1. The van der Waals surface area contributed by atoms with Crippen LogP contribution in [0.5, 0.6) is 0 Å². The molecule has 0 amide bonds. The first-order chi connectivity index (χ1) is 9.54. The van der Waals surface area contributed by atoms with Gasteiger partial charge < -0.3 is 10.2 Å². The summed E-state index contributed by atoms with van der Waals surface area (Å²) in [6, 6.07) is 7.40. The minimum absolute atomic E-state index is 0.118. The molecular weight excluding hydrogens is 258 g/mol. The quantitative estimate of drug-likeness (QED) is 0.678. The fourth-order valence-corrected chi connectivity index (χ4v) is 1.86. The lowest BCUT2D eigenvalue weighted by Gasteiger charge is -2.12. The fraction of sp³-hybridized carbons (Fsp3) is 0.231. The molecule has 0 spiro atoms. The normalized spacial score (nSPS) is 10.2. The summed E-state index contributed by atoms with van der Waals surface area (Å²) in [5.74, 6) is 0.205. The summed E-state index contributed by atoms with van der Waals surface area (Å²) >= 11 is 0. The van der Waals surface area contributed by atoms with E-state index >= 15 is 0 Å². The van der Waals surface area contributed by atoms with Crippen molar-refractivity contribution < 1.29 is 4.92 Å². The molecule has 7 nitrogen and oxygen atoms in total. The molecule has 0 radical (unpaired) electrons. The predicted octanol–water partition coefficient (Wildman–Crippen LogP) is 2.16. The zero-order valence-electron chi connectivity index (χ0n) is 11.5. The predicted molar refractivity (Wildman–Crippen MR) is 78.0 cm³/mol. The Kier molecular flexibility index (Phi) is 3.79. The molecule has 104 valence electrons. The van der Waals surface area contributed by atoms with Crippen molar-refractivity contribution in [2.24, 2.45) is 0 Å². The van der Waals surface area contributed by atoms with E-state index in [4.69, 9.17) is 0 Å². The first kappa shape index (κ1) is 13.7. The average molecular weight is 273 g/mol. The van der Waals surface area contributed by atoms with Crippen molar-refractivity contribution in [3.63, 3.8) is 0 Å². The molecule has 0 saturated carbocycles. The van der Waals surface area contributed by atoms with Gasteiger partial charge in [0, 0.05) is 32.4 Å². The van der Waals surface area contributed by atoms with Crippen LogP contribution >= 0.6 is 0 Å². The minimum Gasteiger partial charge on any atom is -0.378 e. The molecular formula is C13H15N5O2. The topological polar surface area (TPSA) is 84.2 Å². The lowest BCUT2D eigenvalue weighted by Crippen LogP contribution is -2.08. The van der Waals surface area contributed by atoms with Crippen LogP contribution in [-0.4, -0.2) is 36.0 Å². The number of hydrogen-bond acceptors (Lipinski definition) is 6. The maximum atomic E-state index is 11.2. The Morgan fingerprint density at radius 3 is 2.35 bits per heavy atom. The summed E-state index contributed by atoms with van der Waals surface area (Å²) in [5.41, 5.74) is 1.88. The molecule has 0 fully saturated rings. The van der Waals surface area contributed by atoms with E-state index in [0.29, 0.717) is 11.3 Å². The molecule has 0 aliphatic rings. The van der Waals surface area contributed by atoms with E-state index in [2.05, 4.69) is 15.3 Å². The van der Waals surface area contributed by atoms with Crippen LogP contribution in [0, 0.1) is 10.1 Å². The Morgan fingerprint density at radius 2 is 1.85 bits per heavy atom. The molecule has 0 atom stereocenters. The highest BCUT2D eigenvalue weighted by molar-refractivity contribution is 5.77. The molecule has 1 N–H and O–H groups in total. The minimum atomic E-state index is -0.471. The van der Waals surface area contributed by atoms with Gasteiger partial charge in [-0.1, -0.05) is 12.1 Å². The van der Waals surface area contributed by atoms with Crippen molar-refractivity contribution >= 4 is 17.2 Å². The van der Waals surface area contributed by atoms with Crippen molar-refractivity contribution in [2.45, 2.75) is 0 Å². The second-order valence-corrected chi connectivity index (χ2v) is 4.37. The van der Waals surface area contributed by atoms with Gasteiger partial charge in [0.25, 0.3) is 0 Å². The summed E-state index contributed by atoms with van der Waals surface area (Å²) in [6.07, 6.45) is 1.31. The standard InChI is InChI=1S/C13H15N5O2/c1-14-13-12(18(19)20)11(15-8-16-13)9-4-6-10(7-5-9)17(2)3/h4-8H,1-3H3,(H,14,15,16). The van der Waals surface area contributed by atoms with Crippen molar-refractivity contribution in [3.8, 4) is 11.3 Å². The number of nitrogens with one attached hydrogen (secondary N) is 1. The van der Waals surface area contributed by atoms with E-state index in [0.717, 1.165) is 5.69 Å². The molecule has 2 aromatic rings. The van der Waals surface area contributed by atoms with Crippen LogP contribution in [-0.2, 0) is 0 Å². The van der Waals surface area contributed by atoms with Gasteiger partial charge in [-0.15, -0.1) is 0 Å². The largest absolute Gasteiger partial charge is 0.378 e. The third-order valence-corrected chi connectivity index (χ3v) is 2.90. The highest BCUT2D eigenvalue weighted by Crippen LogP contribution is 2.33. The molecule has 0 aliphatic carbocycles. The van der Waals surface area contributed by atoms with Gasteiger partial charge in [0.15, 0.2) is 5.69 Å². The SMILES string of the molecule is CNc1ncnc(-c2ccc(N(C)C)cc2)c1[N+](=O)[O-]. The first-order valence-electron chi connectivity index (χ1n) is 5.99. The van der Waals surface area contributed by atoms with Crippen molar-refractivity contribution in [1.82, 2.24) is 9.97 Å². The van der Waals surface area contributed by atoms with Gasteiger partial charge in [-0.05, 0) is 12.1 Å². The molecule has 0 aliphatic heterocycles. The Hall–Kier alpha value is -2.70. The number of benzene rings is 1. The lowest BCUT2D eigenvalue weighted by atomic mass is 10.1. The fourth-order valence-electron chi connectivity index (χ4n) is 1.86. The Balaban J connectivity index is 2.54. The second-order valence-electron chi connectivity index (χ2n) is 4.37. The maximum absolute atomic E-state index is 11.2. The van der Waals surface area contributed by atoms with Gasteiger partial charge in [0.1, 0.15) is 6.33 Å². The van der Waals surface area contributed by atoms with Crippen molar-refractivity contribution in [3.05, 3.63) is 40.7 Å². The number of aromatic nitrogens is 2. The van der Waals surface area contributed by atoms with Gasteiger partial charge in [-0.3, -0.25) is 10.1 Å². The highest BCUT2D eigenvalue weighted by atomic mass is 16.6. The Morgan fingerprint density at radius 1 is 1.20 bits per heavy atom. The third-order valence-electron chi connectivity index (χ3n) is 2.90. The van der Waals surface area contributed by atoms with E-state index in [1.54, 1.807) is 7.05 Å². The molecule has 1 aromatic carbocycles. The van der Waals surface area contributed by atoms with Crippen LogP contribution in [0.1, 0.15) is 0 Å². The van der Waals surface area contributed by atoms with Gasteiger partial charge in [0.2, 0.25) is 5.82 Å². The van der Waals surface area contributed by atoms with Crippen LogP contribution in [0.2, 0.25) is 0 Å². The van der Waals surface area contributed by atoms with Gasteiger partial charge >= 0.3 is 5.69 Å². The number of rotatable bonds is 4. The number of anilines is 2. The lowest BCUT2D eigenvalue weighted by molar-refractivity contribution is -0.383. The van der Waals surface area contributed by atoms with Crippen molar-refractivity contribution in [1.29, 1.82) is 0 Å². The van der Waals surface area contributed by atoms with E-state index in [1.165, 1.54) is 6.33 Å². The van der Waals surface area contributed by atoms with E-state index in [1.807, 2.05) is 43.3 Å². The van der Waals surface area contributed by atoms with Gasteiger partial charge in [-0.25, -0.2) is 9.97 Å². The van der Waals surface area contributed by atoms with Crippen LogP contribution in [0.3, 0.4) is 0 Å². The molecule has 7 heteroatoms. The monoisotopic (exact) mass is 273 g/mol. The van der Waals surface area contributed by atoms with Crippen LogP contribution in [0.15, 0.2) is 30.6 Å². The Labute approximate surface area is 116 Å². The smallest absolute Gasteiger partial charge is 0.337 e. The number of hydrogen-bond donors (Lipinski definition) is 1. The summed E-state index contributed by atoms with van der Waals surface area (Å²) < 4.78 is 0. The molecule has 0 bridgehead atoms. The van der Waals surface area contributed by atoms with E-state index in [-0.39, 0.29) is 11.5 Å². The zero-order chi connectivity index (χ0) is 14.7. The third kappa shape index (κ3) is 2.51. The second kappa shape index (κ2) is 5.52. The summed E-state index contributed by atoms with van der Waals surface area (Å²) in [7, 11) is 5.46. The average Bonchev–Trinajstić information content (AvgIpc) is 2.46. The molecule has 1 aromatic heterocycles. The summed E-state index contributed by atoms with van der Waals surface area (Å²) in [4.78, 5) is 20.6. The number of nitrogens with zero attached hydrogens (tertiary/aromatic N) is 4. The van der Waals surface area contributed by atoms with Crippen molar-refractivity contribution in [2.75, 3.05) is 31.4 Å². The highest BCUT2D eigenvalue weighted by Gasteiger charge is 2.23. The summed E-state index contributed by atoms with van der Waals surface area (Å²) in [5, 5.41) is 13.9. The molecule has 2 rings (SSSR count). The Bertz CT molecular complexity index is 625. The van der Waals surface area contributed by atoms with Gasteiger partial charge in [-0.2, -0.15) is 0 Å². The maximum Gasteiger partial charge on any atom is 0.337 e. The van der Waals surface area contributed by atoms with Crippen LogP contribution in [0.4, 0.5) is 17.2 Å².